The Kier molecular flexibility index (Phi) is 14.3. The fourth-order valence-corrected chi connectivity index (χ4v) is 9.15. The highest BCUT2D eigenvalue weighted by Crippen LogP contribution is 2.37. The zero-order valence-corrected chi connectivity index (χ0v) is 39.2. The lowest BCUT2D eigenvalue weighted by molar-refractivity contribution is 0.00578. The maximum Gasteiger partial charge on any atom is 0.494 e. The zero-order valence-electron chi connectivity index (χ0n) is 38.4. The number of nitrogens with one attached hydrogen (secondary N) is 3. The topological polar surface area (TPSA) is 215 Å². The van der Waals surface area contributed by atoms with Crippen molar-refractivity contribution < 1.29 is 37.2 Å². The summed E-state index contributed by atoms with van der Waals surface area (Å²) in [6, 6.07) is 22.9. The van der Waals surface area contributed by atoms with Gasteiger partial charge in [-0.05, 0) is 137 Å². The van der Waals surface area contributed by atoms with Gasteiger partial charge in [-0.25, -0.2) is 22.7 Å². The van der Waals surface area contributed by atoms with E-state index < -0.39 is 10.0 Å². The van der Waals surface area contributed by atoms with Crippen molar-refractivity contribution in [2.75, 3.05) is 39.0 Å². The Balaban J connectivity index is 0.000000162. The van der Waals surface area contributed by atoms with Gasteiger partial charge in [0, 0.05) is 61.0 Å². The number of rotatable bonds is 6. The van der Waals surface area contributed by atoms with Crippen LogP contribution in [0.3, 0.4) is 0 Å². The molecule has 0 unspecified atom stereocenters. The van der Waals surface area contributed by atoms with Crippen molar-refractivity contribution >= 4 is 46.1 Å². The van der Waals surface area contributed by atoms with Crippen LogP contribution in [0.25, 0.3) is 22.5 Å². The highest BCUT2D eigenvalue weighted by Gasteiger charge is 2.51. The van der Waals surface area contributed by atoms with E-state index in [0.29, 0.717) is 42.1 Å². The molecule has 0 bridgehead atoms. The molecule has 0 atom stereocenters. The molecule has 1 fully saturated rings. The second-order valence-corrected chi connectivity index (χ2v) is 19.8. The summed E-state index contributed by atoms with van der Waals surface area (Å²) in [4.78, 5) is 44.8. The third-order valence-electron chi connectivity index (χ3n) is 12.7. The van der Waals surface area contributed by atoms with E-state index in [1.54, 1.807) is 68.7 Å². The zero-order chi connectivity index (χ0) is 47.4. The Bertz CT molecular complexity index is 2730. The monoisotopic (exact) mass is 915 g/mol. The summed E-state index contributed by atoms with van der Waals surface area (Å²) in [6.45, 7) is 12.5. The van der Waals surface area contributed by atoms with Crippen LogP contribution in [0.15, 0.2) is 90.0 Å². The predicted octanol–water partition coefficient (Wildman–Crippen LogP) is 5.44. The second-order valence-electron chi connectivity index (χ2n) is 17.7. The summed E-state index contributed by atoms with van der Waals surface area (Å²) >= 11 is 0. The Labute approximate surface area is 387 Å². The molecule has 5 heterocycles. The molecule has 5 aromatic rings. The molecule has 17 heteroatoms. The minimum Gasteiger partial charge on any atom is -0.508 e. The summed E-state index contributed by atoms with van der Waals surface area (Å²) in [7, 11) is -2.34. The lowest BCUT2D eigenvalue weighted by atomic mass is 9.77. The molecular formula is C49H58BN7O8S. The summed E-state index contributed by atoms with van der Waals surface area (Å²) in [5.41, 5.74) is 14.1. The molecule has 3 amide bonds. The Morgan fingerprint density at radius 1 is 0.712 bits per heavy atom. The van der Waals surface area contributed by atoms with Gasteiger partial charge in [0.15, 0.2) is 0 Å². The van der Waals surface area contributed by atoms with E-state index in [9.17, 15) is 27.9 Å². The minimum absolute atomic E-state index is 0.0166. The lowest BCUT2D eigenvalue weighted by Gasteiger charge is -2.32. The van der Waals surface area contributed by atoms with E-state index in [1.807, 2.05) is 52.0 Å². The molecule has 9 rings (SSSR count). The van der Waals surface area contributed by atoms with Gasteiger partial charge in [-0.3, -0.25) is 14.4 Å². The predicted molar refractivity (Wildman–Crippen MR) is 255 cm³/mol. The quantitative estimate of drug-likeness (QED) is 0.135. The number of hydrogen-bond donors (Lipinski definition) is 5. The molecule has 0 radical (unpaired) electrons. The van der Waals surface area contributed by atoms with E-state index in [0.717, 1.165) is 83.9 Å². The van der Waals surface area contributed by atoms with Crippen LogP contribution >= 0.6 is 0 Å². The normalized spacial score (nSPS) is 17.4. The van der Waals surface area contributed by atoms with Gasteiger partial charge >= 0.3 is 7.12 Å². The first-order valence-corrected chi connectivity index (χ1v) is 23.8. The molecule has 6 N–H and O–H groups in total. The van der Waals surface area contributed by atoms with Gasteiger partial charge in [0.1, 0.15) is 17.3 Å². The van der Waals surface area contributed by atoms with Crippen molar-refractivity contribution in [1.82, 2.24) is 30.2 Å². The maximum atomic E-state index is 12.5. The number of nitrogens with zero attached hydrogens (tertiary/aromatic N) is 3. The second kappa shape index (κ2) is 19.8. The minimum atomic E-state index is -3.52. The number of aromatic nitrogens is 2. The van der Waals surface area contributed by atoms with Gasteiger partial charge in [0.2, 0.25) is 10.0 Å². The number of benzene rings is 4. The summed E-state index contributed by atoms with van der Waals surface area (Å²) in [5, 5.41) is 17.8. The molecule has 1 aromatic heterocycles. The first-order valence-electron chi connectivity index (χ1n) is 22.4. The van der Waals surface area contributed by atoms with Crippen LogP contribution in [0.4, 0.5) is 5.82 Å². The molecule has 4 aromatic carbocycles. The van der Waals surface area contributed by atoms with Crippen LogP contribution in [0.1, 0.15) is 102 Å². The van der Waals surface area contributed by atoms with Crippen molar-refractivity contribution in [3.63, 3.8) is 0 Å². The fraction of sp³-hybridized carbons (Fsp3) is 0.367. The number of fused-ring (bicyclic) bond motifs is 3. The number of nitrogen functional groups attached to an aromatic ring is 1. The molecule has 0 spiro atoms. The fourth-order valence-electron chi connectivity index (χ4n) is 7.97. The molecule has 0 aliphatic carbocycles. The number of phenols is 1. The van der Waals surface area contributed by atoms with E-state index in [2.05, 4.69) is 27.0 Å². The average molecular weight is 916 g/mol. The van der Waals surface area contributed by atoms with Crippen LogP contribution < -0.4 is 27.1 Å². The van der Waals surface area contributed by atoms with Crippen LogP contribution in [0.2, 0.25) is 0 Å². The summed E-state index contributed by atoms with van der Waals surface area (Å²) < 4.78 is 38.5. The third kappa shape index (κ3) is 10.4. The van der Waals surface area contributed by atoms with Gasteiger partial charge in [0.05, 0.1) is 28.0 Å². The SMILES string of the molecule is CC1(C)OB(c2ccc3c(c2)CCCNC3=O)OC1(C)C.CCN(C)S(=O)(=O)c1ccc(-c2cnc(N)c(-c3ccc4c(c3)CCCNC4=O)n2)cc1.O=C1NCCCc2cc(O)ccc21. The van der Waals surface area contributed by atoms with Crippen molar-refractivity contribution in [3.8, 4) is 28.3 Å². The first kappa shape index (κ1) is 47.8. The van der Waals surface area contributed by atoms with Crippen LogP contribution in [-0.4, -0.2) is 97.1 Å². The van der Waals surface area contributed by atoms with E-state index in [-0.39, 0.29) is 52.5 Å². The van der Waals surface area contributed by atoms with Gasteiger partial charge in [-0.2, -0.15) is 0 Å². The number of aromatic hydroxyl groups is 1. The van der Waals surface area contributed by atoms with Crippen LogP contribution in [0.5, 0.6) is 5.75 Å². The molecule has 4 aliphatic heterocycles. The van der Waals surface area contributed by atoms with Crippen LogP contribution in [-0.2, 0) is 38.6 Å². The standard InChI is InChI=1S/C23H25N5O3S.C16H22BNO3.C10H11NO2/c1-3-28(2)32(30,31)18-9-6-15(7-10-18)20-14-26-22(24)21(27-20)17-8-11-19-16(13-17)5-4-12-25-23(19)29;1-15(2)16(3,4)21-17(20-15)12-7-8-13-11(10-12)6-5-9-18-14(13)19;12-8-3-4-9-7(6-8)2-1-5-11-10(9)13/h6-11,13-14H,3-5,12H2,1-2H3,(H2,24,26)(H,25,29);7-8,10H,5-6,9H2,1-4H3,(H,18,19);3-4,6,12H,1-2,5H2,(H,11,13). The third-order valence-corrected chi connectivity index (χ3v) is 14.6. The van der Waals surface area contributed by atoms with Gasteiger partial charge in [-0.15, -0.1) is 0 Å². The molecule has 0 saturated carbocycles. The number of carbonyl (C=O) groups excluding carboxylic acids is 3. The Hall–Kier alpha value is -6.14. The van der Waals surface area contributed by atoms with Crippen molar-refractivity contribution in [3.05, 3.63) is 118 Å². The number of nitrogens with two attached hydrogens (primary N) is 1. The molecule has 66 heavy (non-hydrogen) atoms. The summed E-state index contributed by atoms with van der Waals surface area (Å²) in [6.07, 6.45) is 6.87. The van der Waals surface area contributed by atoms with E-state index in [4.69, 9.17) is 20.0 Å². The van der Waals surface area contributed by atoms with E-state index in [1.165, 1.54) is 4.31 Å². The Morgan fingerprint density at radius 3 is 1.74 bits per heavy atom. The Morgan fingerprint density at radius 2 is 1.20 bits per heavy atom. The molecule has 1 saturated heterocycles. The number of carbonyl (C=O) groups is 3. The molecule has 346 valence electrons. The largest absolute Gasteiger partial charge is 0.508 e. The summed E-state index contributed by atoms with van der Waals surface area (Å²) in [5.74, 6) is 0.431. The number of aryl methyl sites for hydroxylation is 3. The lowest BCUT2D eigenvalue weighted by Crippen LogP contribution is -2.41. The molecular weight excluding hydrogens is 857 g/mol. The highest BCUT2D eigenvalue weighted by atomic mass is 32.2. The molecule has 15 nitrogen and oxygen atoms in total. The maximum absolute atomic E-state index is 12.5. The highest BCUT2D eigenvalue weighted by molar-refractivity contribution is 7.89. The smallest absolute Gasteiger partial charge is 0.494 e. The van der Waals surface area contributed by atoms with Gasteiger partial charge in [-0.1, -0.05) is 37.3 Å². The van der Waals surface area contributed by atoms with E-state index >= 15 is 0 Å². The van der Waals surface area contributed by atoms with Gasteiger partial charge in [0.25, 0.3) is 17.7 Å². The van der Waals surface area contributed by atoms with Crippen molar-refractivity contribution in [2.45, 2.75) is 89.2 Å². The van der Waals surface area contributed by atoms with Crippen LogP contribution in [0, 0.1) is 0 Å². The number of amides is 3. The first-order chi connectivity index (χ1) is 31.4. The number of phenolic OH excluding ortho intramolecular Hbond substituents is 1. The van der Waals surface area contributed by atoms with Crippen molar-refractivity contribution in [1.29, 1.82) is 0 Å². The number of sulfonamides is 1. The molecule has 4 aliphatic rings. The van der Waals surface area contributed by atoms with Crippen molar-refractivity contribution in [2.24, 2.45) is 0 Å². The number of hydrogen-bond acceptors (Lipinski definition) is 11. The average Bonchev–Trinajstić information content (AvgIpc) is 3.56. The van der Waals surface area contributed by atoms with Gasteiger partial charge < -0.3 is 36.1 Å². The number of anilines is 1.